The van der Waals surface area contributed by atoms with Gasteiger partial charge in [0.25, 0.3) is 0 Å². The fourth-order valence-electron chi connectivity index (χ4n) is 4.32. The molecule has 1 heterocycles. The van der Waals surface area contributed by atoms with Crippen LogP contribution in [0.1, 0.15) is 61.1 Å². The van der Waals surface area contributed by atoms with Crippen LogP contribution >= 0.6 is 24.0 Å². The highest BCUT2D eigenvalue weighted by Crippen LogP contribution is 2.33. The molecule has 0 radical (unpaired) electrons. The van der Waals surface area contributed by atoms with Crippen LogP contribution in [0.25, 0.3) is 0 Å². The van der Waals surface area contributed by atoms with E-state index < -0.39 is 5.25 Å². The molecule has 162 valence electrons. The van der Waals surface area contributed by atoms with Crippen molar-refractivity contribution < 1.29 is 9.59 Å². The Morgan fingerprint density at radius 3 is 2.42 bits per heavy atom. The highest BCUT2D eigenvalue weighted by molar-refractivity contribution is 8.24. The van der Waals surface area contributed by atoms with Crippen LogP contribution in [0.4, 0.5) is 0 Å². The van der Waals surface area contributed by atoms with E-state index in [-0.39, 0.29) is 18.2 Å². The fraction of sp³-hybridized carbons (Fsp3) is 0.400. The van der Waals surface area contributed by atoms with Gasteiger partial charge in [-0.2, -0.15) is 0 Å². The monoisotopic (exact) mass is 452 g/mol. The SMILES string of the molecule is O=C(CC1SC(=S)N(Cc2ccccc2)C1=O)NCc1ccc(C2CCCCC2)cc1. The molecule has 1 aliphatic carbocycles. The summed E-state index contributed by atoms with van der Waals surface area (Å²) in [6.07, 6.45) is 6.73. The number of carbonyl (C=O) groups is 2. The van der Waals surface area contributed by atoms with Crippen molar-refractivity contribution in [2.24, 2.45) is 0 Å². The Bertz CT molecular complexity index is 924. The molecule has 2 amide bonds. The lowest BCUT2D eigenvalue weighted by molar-refractivity contribution is -0.129. The fourth-order valence-corrected chi connectivity index (χ4v) is 5.81. The summed E-state index contributed by atoms with van der Waals surface area (Å²) in [6.45, 7) is 0.935. The number of hydrogen-bond donors (Lipinski definition) is 1. The van der Waals surface area contributed by atoms with Crippen molar-refractivity contribution in [3.63, 3.8) is 0 Å². The molecule has 2 fully saturated rings. The summed E-state index contributed by atoms with van der Waals surface area (Å²) in [7, 11) is 0. The Hall–Kier alpha value is -2.18. The number of carbonyl (C=O) groups excluding carboxylic acids is 2. The van der Waals surface area contributed by atoms with Crippen molar-refractivity contribution in [2.75, 3.05) is 0 Å². The maximum absolute atomic E-state index is 12.8. The number of hydrogen-bond acceptors (Lipinski definition) is 4. The van der Waals surface area contributed by atoms with Crippen LogP contribution in [-0.2, 0) is 22.7 Å². The lowest BCUT2D eigenvalue weighted by atomic mass is 9.84. The molecule has 1 saturated carbocycles. The van der Waals surface area contributed by atoms with Gasteiger partial charge >= 0.3 is 0 Å². The summed E-state index contributed by atoms with van der Waals surface area (Å²) in [5.41, 5.74) is 3.52. The third-order valence-electron chi connectivity index (χ3n) is 6.11. The molecule has 0 aromatic heterocycles. The first-order chi connectivity index (χ1) is 15.1. The van der Waals surface area contributed by atoms with Gasteiger partial charge in [0.2, 0.25) is 11.8 Å². The van der Waals surface area contributed by atoms with Gasteiger partial charge in [-0.3, -0.25) is 14.5 Å². The normalized spacial score (nSPS) is 19.6. The second-order valence-corrected chi connectivity index (χ2v) is 10.2. The van der Waals surface area contributed by atoms with Gasteiger partial charge in [0.05, 0.1) is 11.8 Å². The Morgan fingerprint density at radius 2 is 1.71 bits per heavy atom. The van der Waals surface area contributed by atoms with Gasteiger partial charge in [-0.1, -0.05) is 97.8 Å². The maximum atomic E-state index is 12.8. The number of amides is 2. The van der Waals surface area contributed by atoms with Gasteiger partial charge in [-0.05, 0) is 35.4 Å². The van der Waals surface area contributed by atoms with Crippen molar-refractivity contribution in [3.05, 3.63) is 71.3 Å². The van der Waals surface area contributed by atoms with Crippen molar-refractivity contribution in [1.29, 1.82) is 0 Å². The highest BCUT2D eigenvalue weighted by atomic mass is 32.2. The molecule has 1 aliphatic heterocycles. The first kappa shape index (κ1) is 22.0. The summed E-state index contributed by atoms with van der Waals surface area (Å²) in [4.78, 5) is 26.8. The molecule has 1 unspecified atom stereocenters. The highest BCUT2D eigenvalue weighted by Gasteiger charge is 2.37. The Balaban J connectivity index is 1.26. The van der Waals surface area contributed by atoms with Crippen LogP contribution in [0.5, 0.6) is 0 Å². The molecule has 2 aromatic rings. The largest absolute Gasteiger partial charge is 0.352 e. The third kappa shape index (κ3) is 5.74. The molecule has 1 saturated heterocycles. The molecular weight excluding hydrogens is 424 g/mol. The van der Waals surface area contributed by atoms with Crippen LogP contribution in [0.3, 0.4) is 0 Å². The molecule has 4 rings (SSSR count). The van der Waals surface area contributed by atoms with E-state index in [0.717, 1.165) is 11.1 Å². The average molecular weight is 453 g/mol. The number of rotatable bonds is 7. The van der Waals surface area contributed by atoms with Crippen LogP contribution in [-0.4, -0.2) is 26.3 Å². The van der Waals surface area contributed by atoms with E-state index in [9.17, 15) is 9.59 Å². The number of thioether (sulfide) groups is 1. The van der Waals surface area contributed by atoms with E-state index in [4.69, 9.17) is 12.2 Å². The van der Waals surface area contributed by atoms with Gasteiger partial charge < -0.3 is 5.32 Å². The zero-order chi connectivity index (χ0) is 21.6. The predicted molar refractivity (Wildman–Crippen MR) is 130 cm³/mol. The van der Waals surface area contributed by atoms with Crippen molar-refractivity contribution >= 4 is 40.1 Å². The lowest BCUT2D eigenvalue weighted by Crippen LogP contribution is -2.33. The Kier molecular flexibility index (Phi) is 7.41. The standard InChI is InChI=1S/C25H28N2O2S2/c28-23(26-16-18-11-13-21(14-12-18)20-9-5-2-6-10-20)15-22-24(29)27(25(30)31-22)17-19-7-3-1-4-8-19/h1,3-4,7-8,11-14,20,22H,2,5-6,9-10,15-17H2,(H,26,28). The molecular formula is C25H28N2O2S2. The minimum absolute atomic E-state index is 0.0779. The van der Waals surface area contributed by atoms with Gasteiger partial charge in [0.1, 0.15) is 4.32 Å². The molecule has 0 spiro atoms. The molecule has 6 heteroatoms. The number of benzene rings is 2. The topological polar surface area (TPSA) is 49.4 Å². The van der Waals surface area contributed by atoms with Gasteiger partial charge in [-0.25, -0.2) is 0 Å². The second-order valence-electron chi connectivity index (χ2n) is 8.34. The number of nitrogens with zero attached hydrogens (tertiary/aromatic N) is 1. The first-order valence-electron chi connectivity index (χ1n) is 11.0. The summed E-state index contributed by atoms with van der Waals surface area (Å²) in [5.74, 6) is 0.489. The quantitative estimate of drug-likeness (QED) is 0.589. The summed E-state index contributed by atoms with van der Waals surface area (Å²) in [6, 6.07) is 18.4. The third-order valence-corrected chi connectivity index (χ3v) is 7.69. The smallest absolute Gasteiger partial charge is 0.242 e. The molecule has 1 N–H and O–H groups in total. The molecule has 2 aliphatic rings. The van der Waals surface area contributed by atoms with Gasteiger partial charge in [-0.15, -0.1) is 0 Å². The van der Waals surface area contributed by atoms with Crippen LogP contribution in [0, 0.1) is 0 Å². The van der Waals surface area contributed by atoms with E-state index in [1.807, 2.05) is 30.3 Å². The summed E-state index contributed by atoms with van der Waals surface area (Å²) >= 11 is 6.71. The molecule has 4 nitrogen and oxygen atoms in total. The molecule has 1 atom stereocenters. The number of nitrogens with one attached hydrogen (secondary N) is 1. The Labute approximate surface area is 193 Å². The minimum Gasteiger partial charge on any atom is -0.352 e. The van der Waals surface area contributed by atoms with E-state index >= 15 is 0 Å². The van der Waals surface area contributed by atoms with Crippen molar-refractivity contribution in [2.45, 2.75) is 62.8 Å². The average Bonchev–Trinajstić information content (AvgIpc) is 3.06. The minimum atomic E-state index is -0.440. The lowest BCUT2D eigenvalue weighted by Gasteiger charge is -2.22. The molecule has 0 bridgehead atoms. The van der Waals surface area contributed by atoms with Gasteiger partial charge in [0.15, 0.2) is 0 Å². The summed E-state index contributed by atoms with van der Waals surface area (Å²) in [5, 5.41) is 2.52. The van der Waals surface area contributed by atoms with E-state index in [2.05, 4.69) is 29.6 Å². The second kappa shape index (κ2) is 10.4. The van der Waals surface area contributed by atoms with Crippen LogP contribution < -0.4 is 5.32 Å². The first-order valence-corrected chi connectivity index (χ1v) is 12.3. The molecule has 31 heavy (non-hydrogen) atoms. The zero-order valence-corrected chi connectivity index (χ0v) is 19.2. The van der Waals surface area contributed by atoms with E-state index in [1.54, 1.807) is 4.90 Å². The van der Waals surface area contributed by atoms with Crippen LogP contribution in [0.2, 0.25) is 0 Å². The van der Waals surface area contributed by atoms with Crippen molar-refractivity contribution in [3.8, 4) is 0 Å². The predicted octanol–water partition coefficient (Wildman–Crippen LogP) is 5.17. The maximum Gasteiger partial charge on any atom is 0.242 e. The van der Waals surface area contributed by atoms with Crippen molar-refractivity contribution in [1.82, 2.24) is 10.2 Å². The van der Waals surface area contributed by atoms with E-state index in [1.165, 1.54) is 49.4 Å². The molecule has 2 aromatic carbocycles. The zero-order valence-electron chi connectivity index (χ0n) is 17.6. The van der Waals surface area contributed by atoms with E-state index in [0.29, 0.717) is 23.3 Å². The number of thiocarbonyl (C=S) groups is 1. The van der Waals surface area contributed by atoms with Crippen LogP contribution in [0.15, 0.2) is 54.6 Å². The summed E-state index contributed by atoms with van der Waals surface area (Å²) < 4.78 is 0.546. The van der Waals surface area contributed by atoms with Gasteiger partial charge in [0, 0.05) is 13.0 Å². The Morgan fingerprint density at radius 1 is 1.00 bits per heavy atom.